The van der Waals surface area contributed by atoms with E-state index in [2.05, 4.69) is 34.6 Å². The second kappa shape index (κ2) is 6.70. The van der Waals surface area contributed by atoms with Crippen molar-refractivity contribution in [2.45, 2.75) is 25.9 Å². The molecule has 5 heteroatoms. The van der Waals surface area contributed by atoms with Crippen LogP contribution in [0, 0.1) is 0 Å². The fourth-order valence-corrected chi connectivity index (χ4v) is 1.65. The van der Waals surface area contributed by atoms with E-state index in [1.165, 1.54) is 0 Å². The van der Waals surface area contributed by atoms with Gasteiger partial charge in [-0.2, -0.15) is 0 Å². The number of hydrogen-bond donors (Lipinski definition) is 0. The first-order chi connectivity index (χ1) is 7.74. The highest BCUT2D eigenvalue weighted by molar-refractivity contribution is 9.10. The average molecular weight is 290 g/mol. The van der Waals surface area contributed by atoms with Crippen molar-refractivity contribution in [3.63, 3.8) is 0 Å². The van der Waals surface area contributed by atoms with Crippen LogP contribution in [0.5, 0.6) is 5.88 Å². The van der Waals surface area contributed by atoms with Gasteiger partial charge in [-0.15, -0.1) is 6.58 Å². The second-order valence-corrected chi connectivity index (χ2v) is 4.05. The van der Waals surface area contributed by atoms with Crippen molar-refractivity contribution in [3.05, 3.63) is 22.9 Å². The van der Waals surface area contributed by atoms with Gasteiger partial charge < -0.3 is 14.0 Å². The van der Waals surface area contributed by atoms with Crippen molar-refractivity contribution in [1.82, 2.24) is 5.16 Å². The minimum Gasteiger partial charge on any atom is -0.475 e. The Kier molecular flexibility index (Phi) is 5.55. The second-order valence-electron chi connectivity index (χ2n) is 3.26. The topological polar surface area (TPSA) is 44.5 Å². The highest BCUT2D eigenvalue weighted by atomic mass is 79.9. The third-order valence-corrected chi connectivity index (χ3v) is 2.82. The van der Waals surface area contributed by atoms with Crippen LogP contribution in [0.25, 0.3) is 0 Å². The third kappa shape index (κ3) is 3.09. The van der Waals surface area contributed by atoms with E-state index in [4.69, 9.17) is 14.0 Å². The molecule has 0 radical (unpaired) electrons. The Hall–Kier alpha value is -0.810. The summed E-state index contributed by atoms with van der Waals surface area (Å²) in [6.07, 6.45) is 3.39. The predicted molar refractivity (Wildman–Crippen MR) is 64.6 cm³/mol. The van der Waals surface area contributed by atoms with Gasteiger partial charge in [0.1, 0.15) is 10.6 Å². The van der Waals surface area contributed by atoms with Crippen molar-refractivity contribution >= 4 is 15.9 Å². The minimum atomic E-state index is -0.314. The Morgan fingerprint density at radius 2 is 2.38 bits per heavy atom. The van der Waals surface area contributed by atoms with E-state index in [9.17, 15) is 0 Å². The van der Waals surface area contributed by atoms with Crippen LogP contribution in [-0.2, 0) is 4.74 Å². The predicted octanol–water partition coefficient (Wildman–Crippen LogP) is 3.49. The molecule has 0 aliphatic carbocycles. The molecule has 0 unspecified atom stereocenters. The van der Waals surface area contributed by atoms with E-state index in [1.54, 1.807) is 13.2 Å². The summed E-state index contributed by atoms with van der Waals surface area (Å²) in [6, 6.07) is 0. The molecule has 1 heterocycles. The Bertz CT molecular complexity index is 338. The molecular weight excluding hydrogens is 274 g/mol. The first-order valence-electron chi connectivity index (χ1n) is 5.17. The van der Waals surface area contributed by atoms with E-state index in [-0.39, 0.29) is 6.10 Å². The lowest BCUT2D eigenvalue weighted by Crippen LogP contribution is -1.98. The van der Waals surface area contributed by atoms with Crippen molar-refractivity contribution < 1.29 is 14.0 Å². The molecule has 16 heavy (non-hydrogen) atoms. The lowest BCUT2D eigenvalue weighted by Gasteiger charge is -2.06. The molecular formula is C11H16BrNO3. The first-order valence-corrected chi connectivity index (χ1v) is 5.97. The van der Waals surface area contributed by atoms with E-state index in [0.717, 1.165) is 12.8 Å². The zero-order valence-corrected chi connectivity index (χ0v) is 11.1. The SMILES string of the molecule is C=C[C@H](OC)c1onc(OCCCC)c1Br. The summed E-state index contributed by atoms with van der Waals surface area (Å²) in [5.41, 5.74) is 0. The summed E-state index contributed by atoms with van der Waals surface area (Å²) in [7, 11) is 1.58. The quantitative estimate of drug-likeness (QED) is 0.569. The largest absolute Gasteiger partial charge is 0.475 e. The lowest BCUT2D eigenvalue weighted by atomic mass is 10.3. The number of methoxy groups -OCH3 is 1. The van der Waals surface area contributed by atoms with Gasteiger partial charge in [-0.05, 0) is 27.5 Å². The zero-order chi connectivity index (χ0) is 12.0. The summed E-state index contributed by atoms with van der Waals surface area (Å²) >= 11 is 3.38. The maximum Gasteiger partial charge on any atom is 0.269 e. The molecule has 0 amide bonds. The zero-order valence-electron chi connectivity index (χ0n) is 9.53. The van der Waals surface area contributed by atoms with E-state index in [0.29, 0.717) is 22.7 Å². The molecule has 1 atom stereocenters. The summed E-state index contributed by atoms with van der Waals surface area (Å²) in [5.74, 6) is 1.04. The molecule has 0 N–H and O–H groups in total. The Balaban J connectivity index is 2.71. The standard InChI is InChI=1S/C11H16BrNO3/c1-4-6-7-15-11-9(12)10(16-13-11)8(5-2)14-3/h5,8H,2,4,6-7H2,1,3H3/t8-/m0/s1. The molecule has 4 nitrogen and oxygen atoms in total. The van der Waals surface area contributed by atoms with Crippen LogP contribution in [0.1, 0.15) is 31.6 Å². The van der Waals surface area contributed by atoms with Gasteiger partial charge >= 0.3 is 0 Å². The van der Waals surface area contributed by atoms with Gasteiger partial charge in [-0.25, -0.2) is 0 Å². The fourth-order valence-electron chi connectivity index (χ4n) is 1.17. The molecule has 0 aromatic carbocycles. The molecule has 90 valence electrons. The van der Waals surface area contributed by atoms with Crippen LogP contribution in [0.3, 0.4) is 0 Å². The van der Waals surface area contributed by atoms with Gasteiger partial charge in [0.05, 0.1) is 6.61 Å². The molecule has 0 aliphatic rings. The summed E-state index contributed by atoms with van der Waals surface area (Å²) in [6.45, 7) is 6.39. The Labute approximate surface area is 104 Å². The van der Waals surface area contributed by atoms with Gasteiger partial charge in [0.15, 0.2) is 5.76 Å². The first kappa shape index (κ1) is 13.3. The van der Waals surface area contributed by atoms with E-state index < -0.39 is 0 Å². The van der Waals surface area contributed by atoms with Crippen LogP contribution in [-0.4, -0.2) is 18.9 Å². The molecule has 0 saturated heterocycles. The maximum absolute atomic E-state index is 5.46. The normalized spacial score (nSPS) is 12.4. The van der Waals surface area contributed by atoms with Crippen LogP contribution in [0.2, 0.25) is 0 Å². The summed E-state index contributed by atoms with van der Waals surface area (Å²) in [5, 5.41) is 3.83. The Morgan fingerprint density at radius 3 is 2.94 bits per heavy atom. The molecule has 0 saturated carbocycles. The van der Waals surface area contributed by atoms with Gasteiger partial charge in [0.2, 0.25) is 0 Å². The number of unbranched alkanes of at least 4 members (excludes halogenated alkanes) is 1. The molecule has 0 aliphatic heterocycles. The van der Waals surface area contributed by atoms with Crippen molar-refractivity contribution in [2.75, 3.05) is 13.7 Å². The average Bonchev–Trinajstić information content (AvgIpc) is 2.64. The van der Waals surface area contributed by atoms with Gasteiger partial charge in [-0.3, -0.25) is 0 Å². The number of halogens is 1. The van der Waals surface area contributed by atoms with Crippen molar-refractivity contribution in [1.29, 1.82) is 0 Å². The van der Waals surface area contributed by atoms with Gasteiger partial charge in [-0.1, -0.05) is 19.4 Å². The number of aromatic nitrogens is 1. The monoisotopic (exact) mass is 289 g/mol. The smallest absolute Gasteiger partial charge is 0.269 e. The van der Waals surface area contributed by atoms with Crippen LogP contribution < -0.4 is 4.74 Å². The van der Waals surface area contributed by atoms with Crippen molar-refractivity contribution in [3.8, 4) is 5.88 Å². The van der Waals surface area contributed by atoms with E-state index >= 15 is 0 Å². The Morgan fingerprint density at radius 1 is 1.62 bits per heavy atom. The van der Waals surface area contributed by atoms with Gasteiger partial charge in [0.25, 0.3) is 5.88 Å². The molecule has 0 bridgehead atoms. The molecule has 0 spiro atoms. The van der Waals surface area contributed by atoms with Crippen LogP contribution in [0.15, 0.2) is 21.7 Å². The van der Waals surface area contributed by atoms with Crippen molar-refractivity contribution in [2.24, 2.45) is 0 Å². The maximum atomic E-state index is 5.46. The number of nitrogens with zero attached hydrogens (tertiary/aromatic N) is 1. The molecule has 1 aromatic heterocycles. The van der Waals surface area contributed by atoms with Crippen LogP contribution >= 0.6 is 15.9 Å². The molecule has 0 fully saturated rings. The van der Waals surface area contributed by atoms with Gasteiger partial charge in [0, 0.05) is 7.11 Å². The van der Waals surface area contributed by atoms with Crippen LogP contribution in [0.4, 0.5) is 0 Å². The van der Waals surface area contributed by atoms with E-state index in [1.807, 2.05) is 0 Å². The minimum absolute atomic E-state index is 0.314. The number of ether oxygens (including phenoxy) is 2. The highest BCUT2D eigenvalue weighted by Crippen LogP contribution is 2.33. The number of rotatable bonds is 7. The number of hydrogen-bond acceptors (Lipinski definition) is 4. The third-order valence-electron chi connectivity index (χ3n) is 2.09. The summed E-state index contributed by atoms with van der Waals surface area (Å²) in [4.78, 5) is 0. The summed E-state index contributed by atoms with van der Waals surface area (Å²) < 4.78 is 16.5. The molecule has 1 rings (SSSR count). The molecule has 1 aromatic rings. The highest BCUT2D eigenvalue weighted by Gasteiger charge is 2.21. The fraction of sp³-hybridized carbons (Fsp3) is 0.545. The lowest BCUT2D eigenvalue weighted by molar-refractivity contribution is 0.114.